The van der Waals surface area contributed by atoms with Crippen LogP contribution in [0.4, 0.5) is 0 Å². The van der Waals surface area contributed by atoms with Crippen molar-refractivity contribution in [1.29, 1.82) is 0 Å². The number of sulfonamides is 2. The molecule has 0 saturated carbocycles. The van der Waals surface area contributed by atoms with Crippen LogP contribution in [-0.4, -0.2) is 67.1 Å². The molecule has 0 heterocycles. The van der Waals surface area contributed by atoms with Crippen molar-refractivity contribution < 1.29 is 16.8 Å². The third-order valence-electron chi connectivity index (χ3n) is 0. The van der Waals surface area contributed by atoms with Gasteiger partial charge in [0.05, 0.1) is 20.0 Å². The van der Waals surface area contributed by atoms with Gasteiger partial charge in [-0.05, 0) is 0 Å². The smallest absolute Gasteiger partial charge is 0.564 e. The maximum Gasteiger partial charge on any atom is 2.00 e. The van der Waals surface area contributed by atoms with E-state index in [0.29, 0.717) is 0 Å². The molecule has 0 aliphatic heterocycles. The van der Waals surface area contributed by atoms with E-state index in [9.17, 15) is 16.8 Å². The van der Waals surface area contributed by atoms with E-state index in [2.05, 4.69) is 0 Å². The summed E-state index contributed by atoms with van der Waals surface area (Å²) in [5, 5.41) is 11.8. The van der Waals surface area contributed by atoms with Gasteiger partial charge in [0.15, 0.2) is 0 Å². The van der Waals surface area contributed by atoms with Crippen LogP contribution in [0.3, 0.4) is 0 Å². The van der Waals surface area contributed by atoms with Gasteiger partial charge in [0.1, 0.15) is 0 Å². The van der Waals surface area contributed by atoms with Crippen LogP contribution < -0.4 is 0 Å². The van der Waals surface area contributed by atoms with Gasteiger partial charge in [0, 0.05) is 12.5 Å². The molecular formula is C2H8CaN2O4S2. The molecule has 0 aromatic heterocycles. The van der Waals surface area contributed by atoms with Crippen LogP contribution in [0.25, 0.3) is 10.3 Å². The van der Waals surface area contributed by atoms with Crippen molar-refractivity contribution in [2.24, 2.45) is 0 Å². The van der Waals surface area contributed by atoms with E-state index in [0.717, 1.165) is 12.5 Å². The molecule has 0 spiro atoms. The van der Waals surface area contributed by atoms with Gasteiger partial charge in [0.2, 0.25) is 0 Å². The molecular weight excluding hydrogens is 220 g/mol. The normalized spacial score (nSPS) is 10.5. The Labute approximate surface area is 96.4 Å². The van der Waals surface area contributed by atoms with Crippen molar-refractivity contribution in [2.75, 3.05) is 12.5 Å². The van der Waals surface area contributed by atoms with E-state index in [-0.39, 0.29) is 37.7 Å². The van der Waals surface area contributed by atoms with Gasteiger partial charge < -0.3 is 10.3 Å². The monoisotopic (exact) mass is 228 g/mol. The largest absolute Gasteiger partial charge is 2.00 e. The van der Waals surface area contributed by atoms with Crippen molar-refractivity contribution in [2.45, 2.75) is 0 Å². The van der Waals surface area contributed by atoms with Crippen LogP contribution in [0.2, 0.25) is 0 Å². The van der Waals surface area contributed by atoms with Gasteiger partial charge in [-0.3, -0.25) is 0 Å². The Hall–Kier alpha value is 1.08. The zero-order chi connectivity index (χ0) is 9.00. The molecule has 2 N–H and O–H groups in total. The Bertz CT molecular complexity index is 220. The van der Waals surface area contributed by atoms with E-state index in [4.69, 9.17) is 10.3 Å². The molecule has 0 atom stereocenters. The molecule has 0 fully saturated rings. The van der Waals surface area contributed by atoms with E-state index >= 15 is 0 Å². The Morgan fingerprint density at radius 2 is 0.818 bits per heavy atom. The van der Waals surface area contributed by atoms with Crippen LogP contribution >= 0.6 is 0 Å². The molecule has 0 saturated heterocycles. The molecule has 0 aromatic carbocycles. The van der Waals surface area contributed by atoms with Gasteiger partial charge in [-0.15, -0.1) is 0 Å². The van der Waals surface area contributed by atoms with Crippen molar-refractivity contribution >= 4 is 57.8 Å². The summed E-state index contributed by atoms with van der Waals surface area (Å²) in [5.41, 5.74) is 0. The molecule has 0 aliphatic carbocycles. The first-order valence-corrected chi connectivity index (χ1v) is 5.67. The van der Waals surface area contributed by atoms with E-state index in [1.807, 2.05) is 0 Å². The molecule has 0 bridgehead atoms. The van der Waals surface area contributed by atoms with Gasteiger partial charge in [-0.2, -0.15) is 0 Å². The Balaban J connectivity index is -0.000000107. The number of hydrogen-bond acceptors (Lipinski definition) is 4. The number of nitrogens with one attached hydrogen (secondary N) is 2. The third-order valence-corrected chi connectivity index (χ3v) is 0. The molecule has 0 aromatic rings. The average Bonchev–Trinajstić information content (AvgIpc) is 1.12. The average molecular weight is 228 g/mol. The van der Waals surface area contributed by atoms with Crippen LogP contribution in [-0.2, 0) is 20.0 Å². The van der Waals surface area contributed by atoms with E-state index in [1.54, 1.807) is 0 Å². The molecule has 0 radical (unpaired) electrons. The summed E-state index contributed by atoms with van der Waals surface area (Å²) in [6.07, 6.45) is 1.65. The van der Waals surface area contributed by atoms with Gasteiger partial charge in [-0.25, -0.2) is 16.8 Å². The third kappa shape index (κ3) is 783. The molecule has 6 nitrogen and oxygen atoms in total. The molecule has 0 unspecified atom stereocenters. The number of rotatable bonds is 0. The zero-order valence-electron chi connectivity index (χ0n) is 6.16. The molecule has 9 heteroatoms. The van der Waals surface area contributed by atoms with Crippen LogP contribution in [0, 0.1) is 0 Å². The fourth-order valence-electron chi connectivity index (χ4n) is 0. The Kier molecular flexibility index (Phi) is 10.8. The van der Waals surface area contributed by atoms with E-state index < -0.39 is 20.0 Å². The fourth-order valence-corrected chi connectivity index (χ4v) is 0. The van der Waals surface area contributed by atoms with Crippen LogP contribution in [0.5, 0.6) is 0 Å². The first-order chi connectivity index (χ1) is 4.00. The fraction of sp³-hybridized carbons (Fsp3) is 1.00. The van der Waals surface area contributed by atoms with E-state index in [1.165, 1.54) is 0 Å². The predicted octanol–water partition coefficient (Wildman–Crippen LogP) is -0.384. The zero-order valence-corrected chi connectivity index (χ0v) is 10.00. The summed E-state index contributed by atoms with van der Waals surface area (Å²) in [4.78, 5) is 0. The first kappa shape index (κ1) is 18.0. The quantitative estimate of drug-likeness (QED) is 0.525. The minimum atomic E-state index is -3.42. The van der Waals surface area contributed by atoms with Crippen molar-refractivity contribution in [1.82, 2.24) is 0 Å². The van der Waals surface area contributed by atoms with Crippen molar-refractivity contribution in [3.63, 3.8) is 0 Å². The summed E-state index contributed by atoms with van der Waals surface area (Å²) in [5.74, 6) is 0. The van der Waals surface area contributed by atoms with Crippen LogP contribution in [0.1, 0.15) is 0 Å². The molecule has 0 amide bonds. The Morgan fingerprint density at radius 1 is 0.818 bits per heavy atom. The van der Waals surface area contributed by atoms with Gasteiger partial charge in [-0.1, -0.05) is 0 Å². The second-order valence-electron chi connectivity index (χ2n) is 1.54. The maximum absolute atomic E-state index is 9.30. The van der Waals surface area contributed by atoms with Crippen molar-refractivity contribution in [3.05, 3.63) is 10.3 Å². The summed E-state index contributed by atoms with van der Waals surface area (Å²) < 4.78 is 37.2. The van der Waals surface area contributed by atoms with Crippen molar-refractivity contribution in [3.8, 4) is 0 Å². The van der Waals surface area contributed by atoms with Gasteiger partial charge >= 0.3 is 37.7 Å². The topological polar surface area (TPSA) is 116 Å². The predicted molar refractivity (Wildman–Crippen MR) is 44.1 cm³/mol. The SMILES string of the molecule is CS([NH-])(=O)=O.CS([NH-])(=O)=O.[Ca+2]. The number of hydrogen-bond donors (Lipinski definition) is 0. The molecule has 11 heavy (non-hydrogen) atoms. The second kappa shape index (κ2) is 6.58. The minimum absolute atomic E-state index is 0. The molecule has 0 aliphatic rings. The summed E-state index contributed by atoms with van der Waals surface area (Å²) in [6, 6.07) is 0. The summed E-state index contributed by atoms with van der Waals surface area (Å²) in [7, 11) is -6.83. The van der Waals surface area contributed by atoms with Crippen LogP contribution in [0.15, 0.2) is 0 Å². The molecule has 64 valence electrons. The Morgan fingerprint density at radius 3 is 0.818 bits per heavy atom. The summed E-state index contributed by atoms with van der Waals surface area (Å²) in [6.45, 7) is 0. The second-order valence-corrected chi connectivity index (χ2v) is 4.63. The standard InChI is InChI=1S/2CH4NO2S.Ca/c2*1-5(2,3)4;/h2*1H3,(H-,2,3,4);/q2*-1;+2. The summed E-state index contributed by atoms with van der Waals surface area (Å²) >= 11 is 0. The van der Waals surface area contributed by atoms with Gasteiger partial charge in [0.25, 0.3) is 0 Å². The minimum Gasteiger partial charge on any atom is -0.564 e. The first-order valence-electron chi connectivity index (χ1n) is 1.89. The molecule has 0 rings (SSSR count). The maximum atomic E-state index is 9.30.